The van der Waals surface area contributed by atoms with Crippen LogP contribution in [0.15, 0.2) is 18.2 Å². The fraction of sp³-hybridized carbons (Fsp3) is 0.364. The van der Waals surface area contributed by atoms with Gasteiger partial charge in [0.25, 0.3) is 0 Å². The molecule has 0 radical (unpaired) electrons. The van der Waals surface area contributed by atoms with Gasteiger partial charge in [-0.25, -0.2) is 8.78 Å². The molecule has 0 aromatic heterocycles. The third-order valence-corrected chi connectivity index (χ3v) is 2.20. The Morgan fingerprint density at radius 3 is 2.76 bits per heavy atom. The van der Waals surface area contributed by atoms with Gasteiger partial charge in [-0.15, -0.1) is 0 Å². The maximum absolute atomic E-state index is 13.1. The molecule has 0 amide bonds. The van der Waals surface area contributed by atoms with Crippen molar-refractivity contribution in [3.05, 3.63) is 29.8 Å². The first kappa shape index (κ1) is 13.4. The second-order valence-corrected chi connectivity index (χ2v) is 3.39. The molecule has 0 aliphatic rings. The molecule has 4 nitrogen and oxygen atoms in total. The molecule has 1 aromatic rings. The molecule has 0 saturated heterocycles. The highest BCUT2D eigenvalue weighted by Crippen LogP contribution is 2.17. The minimum absolute atomic E-state index is 0.0281. The second-order valence-electron chi connectivity index (χ2n) is 3.39. The maximum Gasteiger partial charge on any atom is 0.320 e. The van der Waals surface area contributed by atoms with E-state index in [0.717, 1.165) is 6.07 Å². The summed E-state index contributed by atoms with van der Waals surface area (Å²) in [5.41, 5.74) is 0. The lowest BCUT2D eigenvalue weighted by Gasteiger charge is -2.12. The number of carboxylic acid groups (broad SMARTS) is 1. The number of ether oxygens (including phenoxy) is 1. The van der Waals surface area contributed by atoms with Gasteiger partial charge in [0, 0.05) is 12.5 Å². The first-order chi connectivity index (χ1) is 8.04. The van der Waals surface area contributed by atoms with Crippen LogP contribution in [0.25, 0.3) is 0 Å². The average molecular weight is 245 g/mol. The topological polar surface area (TPSA) is 58.6 Å². The van der Waals surface area contributed by atoms with Gasteiger partial charge in [0.1, 0.15) is 11.9 Å². The van der Waals surface area contributed by atoms with Crippen LogP contribution in [-0.2, 0) is 4.79 Å². The van der Waals surface area contributed by atoms with E-state index in [1.54, 1.807) is 0 Å². The summed E-state index contributed by atoms with van der Waals surface area (Å²) in [7, 11) is 1.51. The van der Waals surface area contributed by atoms with Gasteiger partial charge in [0.05, 0.1) is 6.61 Å². The molecule has 0 fully saturated rings. The average Bonchev–Trinajstić information content (AvgIpc) is 2.26. The molecule has 1 aromatic carbocycles. The monoisotopic (exact) mass is 245 g/mol. The molecule has 2 N–H and O–H groups in total. The normalized spacial score (nSPS) is 12.2. The van der Waals surface area contributed by atoms with Gasteiger partial charge >= 0.3 is 5.97 Å². The van der Waals surface area contributed by atoms with Crippen LogP contribution in [0.1, 0.15) is 6.42 Å². The number of carboxylic acids is 1. The number of halogens is 2. The Morgan fingerprint density at radius 1 is 1.53 bits per heavy atom. The molecule has 94 valence electrons. The minimum atomic E-state index is -1.00. The van der Waals surface area contributed by atoms with E-state index in [1.165, 1.54) is 13.1 Å². The van der Waals surface area contributed by atoms with Crippen molar-refractivity contribution in [2.45, 2.75) is 12.5 Å². The summed E-state index contributed by atoms with van der Waals surface area (Å²) in [6, 6.07) is 2.20. The highest BCUT2D eigenvalue weighted by atomic mass is 19.1. The Labute approximate surface area is 97.2 Å². The van der Waals surface area contributed by atoms with Crippen LogP contribution < -0.4 is 10.1 Å². The number of aliphatic carboxylic acids is 1. The number of carbonyl (C=O) groups is 1. The summed E-state index contributed by atoms with van der Waals surface area (Å²) < 4.78 is 30.7. The van der Waals surface area contributed by atoms with Crippen LogP contribution in [0.5, 0.6) is 5.75 Å². The summed E-state index contributed by atoms with van der Waals surface area (Å²) in [4.78, 5) is 10.6. The van der Waals surface area contributed by atoms with E-state index in [1.807, 2.05) is 0 Å². The van der Waals surface area contributed by atoms with Gasteiger partial charge in [0.15, 0.2) is 11.6 Å². The molecule has 0 bridgehead atoms. The van der Waals surface area contributed by atoms with Crippen LogP contribution in [0.3, 0.4) is 0 Å². The third kappa shape index (κ3) is 3.99. The van der Waals surface area contributed by atoms with E-state index >= 15 is 0 Å². The first-order valence-electron chi connectivity index (χ1n) is 5.02. The number of rotatable bonds is 6. The van der Waals surface area contributed by atoms with Crippen molar-refractivity contribution in [3.8, 4) is 5.75 Å². The number of nitrogens with one attached hydrogen (secondary N) is 1. The predicted octanol–water partition coefficient (Wildman–Crippen LogP) is 1.41. The fourth-order valence-electron chi connectivity index (χ4n) is 1.27. The van der Waals surface area contributed by atoms with E-state index < -0.39 is 23.6 Å². The number of hydrogen-bond donors (Lipinski definition) is 2. The standard InChI is InChI=1S/C11H13F2NO3/c1-14-9(11(15)16)4-5-17-10-3-2-7(12)6-8(10)13/h2-3,6,9,14H,4-5H2,1H3,(H,15,16). The van der Waals surface area contributed by atoms with E-state index in [9.17, 15) is 13.6 Å². The van der Waals surface area contributed by atoms with Crippen LogP contribution in [0.2, 0.25) is 0 Å². The van der Waals surface area contributed by atoms with Gasteiger partial charge in [-0.1, -0.05) is 0 Å². The molecule has 1 atom stereocenters. The van der Waals surface area contributed by atoms with Crippen LogP contribution in [-0.4, -0.2) is 30.8 Å². The Morgan fingerprint density at radius 2 is 2.24 bits per heavy atom. The molecule has 17 heavy (non-hydrogen) atoms. The quantitative estimate of drug-likeness (QED) is 0.795. The Hall–Kier alpha value is -1.69. The lowest BCUT2D eigenvalue weighted by molar-refractivity contribution is -0.139. The van der Waals surface area contributed by atoms with Gasteiger partial charge < -0.3 is 15.2 Å². The second kappa shape index (κ2) is 6.15. The lowest BCUT2D eigenvalue weighted by atomic mass is 10.2. The van der Waals surface area contributed by atoms with Crippen molar-refractivity contribution in [1.82, 2.24) is 5.32 Å². The first-order valence-corrected chi connectivity index (χ1v) is 5.02. The molecular weight excluding hydrogens is 232 g/mol. The van der Waals surface area contributed by atoms with Gasteiger partial charge in [-0.2, -0.15) is 0 Å². The number of likely N-dealkylation sites (N-methyl/N-ethyl adjacent to an activating group) is 1. The third-order valence-electron chi connectivity index (χ3n) is 2.20. The van der Waals surface area contributed by atoms with E-state index in [2.05, 4.69) is 5.32 Å². The highest BCUT2D eigenvalue weighted by Gasteiger charge is 2.14. The highest BCUT2D eigenvalue weighted by molar-refractivity contribution is 5.73. The summed E-state index contributed by atoms with van der Waals surface area (Å²) in [5, 5.41) is 11.3. The Balaban J connectivity index is 2.48. The van der Waals surface area contributed by atoms with E-state index in [0.29, 0.717) is 6.07 Å². The van der Waals surface area contributed by atoms with Gasteiger partial charge in [-0.3, -0.25) is 4.79 Å². The van der Waals surface area contributed by atoms with Crippen molar-refractivity contribution < 1.29 is 23.4 Å². The van der Waals surface area contributed by atoms with E-state index in [4.69, 9.17) is 9.84 Å². The minimum Gasteiger partial charge on any atom is -0.490 e. The maximum atomic E-state index is 13.1. The zero-order valence-corrected chi connectivity index (χ0v) is 9.24. The van der Waals surface area contributed by atoms with Crippen molar-refractivity contribution in [3.63, 3.8) is 0 Å². The summed E-state index contributed by atoms with van der Waals surface area (Å²) in [6.07, 6.45) is 0.183. The Kier molecular flexibility index (Phi) is 4.84. The largest absolute Gasteiger partial charge is 0.490 e. The van der Waals surface area contributed by atoms with Crippen LogP contribution in [0, 0.1) is 11.6 Å². The van der Waals surface area contributed by atoms with Crippen molar-refractivity contribution in [2.24, 2.45) is 0 Å². The van der Waals surface area contributed by atoms with Crippen molar-refractivity contribution in [2.75, 3.05) is 13.7 Å². The molecule has 6 heteroatoms. The summed E-state index contributed by atoms with van der Waals surface area (Å²) in [5.74, 6) is -2.59. The molecular formula is C11H13F2NO3. The molecule has 0 spiro atoms. The molecule has 0 heterocycles. The van der Waals surface area contributed by atoms with E-state index in [-0.39, 0.29) is 18.8 Å². The van der Waals surface area contributed by atoms with Crippen LogP contribution in [0.4, 0.5) is 8.78 Å². The molecule has 0 aliphatic heterocycles. The zero-order valence-electron chi connectivity index (χ0n) is 9.24. The fourth-order valence-corrected chi connectivity index (χ4v) is 1.27. The SMILES string of the molecule is CNC(CCOc1ccc(F)cc1F)C(=O)O. The van der Waals surface area contributed by atoms with Crippen molar-refractivity contribution >= 4 is 5.97 Å². The molecule has 0 aliphatic carbocycles. The number of hydrogen-bond acceptors (Lipinski definition) is 3. The summed E-state index contributed by atoms with van der Waals surface area (Å²) in [6.45, 7) is 0.0281. The Bertz CT molecular complexity index is 398. The number of benzene rings is 1. The predicted molar refractivity (Wildman–Crippen MR) is 57.0 cm³/mol. The molecule has 0 saturated carbocycles. The summed E-state index contributed by atoms with van der Waals surface area (Å²) >= 11 is 0. The van der Waals surface area contributed by atoms with Gasteiger partial charge in [-0.05, 0) is 19.2 Å². The zero-order chi connectivity index (χ0) is 12.8. The molecule has 1 unspecified atom stereocenters. The van der Waals surface area contributed by atoms with Crippen LogP contribution >= 0.6 is 0 Å². The van der Waals surface area contributed by atoms with Gasteiger partial charge in [0.2, 0.25) is 0 Å². The smallest absolute Gasteiger partial charge is 0.320 e. The van der Waals surface area contributed by atoms with Crippen molar-refractivity contribution in [1.29, 1.82) is 0 Å². The lowest BCUT2D eigenvalue weighted by Crippen LogP contribution is -2.35. The molecule has 1 rings (SSSR count).